The van der Waals surface area contributed by atoms with Crippen LogP contribution in [-0.4, -0.2) is 24.4 Å². The molecule has 0 bridgehead atoms. The third-order valence-corrected chi connectivity index (χ3v) is 3.95. The number of anilines is 1. The summed E-state index contributed by atoms with van der Waals surface area (Å²) in [6, 6.07) is 7.67. The van der Waals surface area contributed by atoms with Crippen LogP contribution in [-0.2, 0) is 4.79 Å². The Morgan fingerprint density at radius 2 is 2.37 bits per heavy atom. The van der Waals surface area contributed by atoms with Crippen LogP contribution in [0, 0.1) is 5.92 Å². The maximum Gasteiger partial charge on any atom is 0.227 e. The van der Waals surface area contributed by atoms with E-state index >= 15 is 0 Å². The van der Waals surface area contributed by atoms with Crippen molar-refractivity contribution < 1.29 is 9.53 Å². The first-order valence-corrected chi connectivity index (χ1v) is 7.46. The molecule has 102 valence electrons. The highest BCUT2D eigenvalue weighted by atomic mass is 79.9. The van der Waals surface area contributed by atoms with Crippen LogP contribution >= 0.6 is 15.9 Å². The lowest BCUT2D eigenvalue weighted by molar-refractivity contribution is -0.117. The Kier molecular flexibility index (Phi) is 4.64. The van der Waals surface area contributed by atoms with Crippen LogP contribution in [0.25, 0.3) is 0 Å². The average Bonchev–Trinajstić information content (AvgIpc) is 2.78. The lowest BCUT2D eigenvalue weighted by Crippen LogP contribution is -2.24. The van der Waals surface area contributed by atoms with E-state index in [2.05, 4.69) is 22.5 Å². The summed E-state index contributed by atoms with van der Waals surface area (Å²) in [4.78, 5) is 13.8. The van der Waals surface area contributed by atoms with Crippen molar-refractivity contribution in [3.63, 3.8) is 0 Å². The first-order valence-electron chi connectivity index (χ1n) is 6.33. The van der Waals surface area contributed by atoms with E-state index in [1.807, 2.05) is 36.1 Å². The van der Waals surface area contributed by atoms with Crippen LogP contribution in [0.2, 0.25) is 0 Å². The van der Waals surface area contributed by atoms with Crippen LogP contribution in [0.4, 0.5) is 5.69 Å². The van der Waals surface area contributed by atoms with E-state index in [9.17, 15) is 4.79 Å². The molecule has 1 fully saturated rings. The standard InChI is InChI=1S/C15H18BrNO2/c1-11(2)10-19-14-5-3-4-13(7-14)17-9-12(8-16)6-15(17)18/h3-5,7,12H,1,6,8-10H2,2H3. The fraction of sp³-hybridized carbons (Fsp3) is 0.400. The van der Waals surface area contributed by atoms with E-state index in [0.717, 1.165) is 28.9 Å². The van der Waals surface area contributed by atoms with Crippen molar-refractivity contribution in [2.24, 2.45) is 5.92 Å². The topological polar surface area (TPSA) is 29.5 Å². The number of nitrogens with zero attached hydrogens (tertiary/aromatic N) is 1. The molecular weight excluding hydrogens is 306 g/mol. The predicted molar refractivity (Wildman–Crippen MR) is 81.0 cm³/mol. The Morgan fingerprint density at radius 1 is 1.58 bits per heavy atom. The molecule has 3 nitrogen and oxygen atoms in total. The second kappa shape index (κ2) is 6.24. The van der Waals surface area contributed by atoms with E-state index in [-0.39, 0.29) is 5.91 Å². The zero-order chi connectivity index (χ0) is 13.8. The van der Waals surface area contributed by atoms with Gasteiger partial charge in [0, 0.05) is 30.0 Å². The SMILES string of the molecule is C=C(C)COc1cccc(N2CC(CBr)CC2=O)c1. The average molecular weight is 324 g/mol. The van der Waals surface area contributed by atoms with E-state index in [1.165, 1.54) is 0 Å². The highest BCUT2D eigenvalue weighted by Crippen LogP contribution is 2.28. The summed E-state index contributed by atoms with van der Waals surface area (Å²) in [5.41, 5.74) is 1.88. The number of benzene rings is 1. The van der Waals surface area contributed by atoms with Crippen LogP contribution in [0.1, 0.15) is 13.3 Å². The number of halogens is 1. The minimum absolute atomic E-state index is 0.182. The summed E-state index contributed by atoms with van der Waals surface area (Å²) in [5, 5.41) is 0.862. The molecule has 0 radical (unpaired) electrons. The van der Waals surface area contributed by atoms with Gasteiger partial charge in [0.05, 0.1) is 0 Å². The molecule has 0 aromatic heterocycles. The number of hydrogen-bond acceptors (Lipinski definition) is 2. The molecule has 1 unspecified atom stereocenters. The van der Waals surface area contributed by atoms with Crippen LogP contribution in [0.15, 0.2) is 36.4 Å². The first-order chi connectivity index (χ1) is 9.10. The molecule has 1 saturated heterocycles. The number of carbonyl (C=O) groups is 1. The maximum atomic E-state index is 12.0. The van der Waals surface area contributed by atoms with Crippen molar-refractivity contribution in [3.05, 3.63) is 36.4 Å². The van der Waals surface area contributed by atoms with Gasteiger partial charge in [0.2, 0.25) is 5.91 Å². The summed E-state index contributed by atoms with van der Waals surface area (Å²) >= 11 is 3.45. The monoisotopic (exact) mass is 323 g/mol. The highest BCUT2D eigenvalue weighted by Gasteiger charge is 2.29. The van der Waals surface area contributed by atoms with Crippen molar-refractivity contribution in [3.8, 4) is 5.75 Å². The number of rotatable bonds is 5. The molecule has 1 aromatic carbocycles. The molecule has 2 rings (SSSR count). The number of hydrogen-bond donors (Lipinski definition) is 0. The van der Waals surface area contributed by atoms with E-state index in [4.69, 9.17) is 4.74 Å². The van der Waals surface area contributed by atoms with Gasteiger partial charge in [-0.2, -0.15) is 0 Å². The van der Waals surface area contributed by atoms with Gasteiger partial charge in [-0.1, -0.05) is 28.6 Å². The van der Waals surface area contributed by atoms with Crippen molar-refractivity contribution in [2.45, 2.75) is 13.3 Å². The lowest BCUT2D eigenvalue weighted by Gasteiger charge is -2.17. The Bertz CT molecular complexity index is 487. The first kappa shape index (κ1) is 14.1. The summed E-state index contributed by atoms with van der Waals surface area (Å²) < 4.78 is 5.61. The van der Waals surface area contributed by atoms with Gasteiger partial charge in [0.25, 0.3) is 0 Å². The Morgan fingerprint density at radius 3 is 3.00 bits per heavy atom. The second-order valence-corrected chi connectivity index (χ2v) is 5.62. The largest absolute Gasteiger partial charge is 0.489 e. The van der Waals surface area contributed by atoms with Crippen molar-refractivity contribution in [1.82, 2.24) is 0 Å². The third kappa shape index (κ3) is 3.60. The molecule has 4 heteroatoms. The Hall–Kier alpha value is -1.29. The normalized spacial score (nSPS) is 18.7. The molecular formula is C15H18BrNO2. The number of carbonyl (C=O) groups excluding carboxylic acids is 1. The number of ether oxygens (including phenoxy) is 1. The minimum Gasteiger partial charge on any atom is -0.489 e. The summed E-state index contributed by atoms with van der Waals surface area (Å²) in [5.74, 6) is 1.35. The van der Waals surface area contributed by atoms with Gasteiger partial charge in [-0.3, -0.25) is 4.79 Å². The van der Waals surface area contributed by atoms with Gasteiger partial charge < -0.3 is 9.64 Å². The van der Waals surface area contributed by atoms with Gasteiger partial charge in [0.15, 0.2) is 0 Å². The molecule has 1 aliphatic rings. The number of amides is 1. The molecule has 1 aliphatic heterocycles. The molecule has 1 heterocycles. The minimum atomic E-state index is 0.182. The Balaban J connectivity index is 2.10. The molecule has 0 saturated carbocycles. The van der Waals surface area contributed by atoms with Gasteiger partial charge >= 0.3 is 0 Å². The van der Waals surface area contributed by atoms with Crippen molar-refractivity contribution in [2.75, 3.05) is 23.4 Å². The van der Waals surface area contributed by atoms with Gasteiger partial charge in [-0.15, -0.1) is 0 Å². The van der Waals surface area contributed by atoms with Gasteiger partial charge in [-0.25, -0.2) is 0 Å². The molecule has 19 heavy (non-hydrogen) atoms. The fourth-order valence-corrected chi connectivity index (χ4v) is 2.52. The van der Waals surface area contributed by atoms with Crippen LogP contribution in [0.3, 0.4) is 0 Å². The highest BCUT2D eigenvalue weighted by molar-refractivity contribution is 9.09. The number of alkyl halides is 1. The lowest BCUT2D eigenvalue weighted by atomic mass is 10.2. The molecule has 1 amide bonds. The molecule has 0 spiro atoms. The zero-order valence-corrected chi connectivity index (χ0v) is 12.6. The quantitative estimate of drug-likeness (QED) is 0.614. The molecule has 0 N–H and O–H groups in total. The second-order valence-electron chi connectivity index (χ2n) is 4.97. The van der Waals surface area contributed by atoms with Gasteiger partial charge in [0.1, 0.15) is 12.4 Å². The van der Waals surface area contributed by atoms with E-state index < -0.39 is 0 Å². The molecule has 1 aromatic rings. The molecule has 1 atom stereocenters. The smallest absolute Gasteiger partial charge is 0.227 e. The summed E-state index contributed by atoms with van der Waals surface area (Å²) in [7, 11) is 0. The van der Waals surface area contributed by atoms with Crippen LogP contribution in [0.5, 0.6) is 5.75 Å². The Labute approximate surface area is 122 Å². The fourth-order valence-electron chi connectivity index (χ4n) is 2.08. The van der Waals surface area contributed by atoms with Crippen LogP contribution < -0.4 is 9.64 Å². The van der Waals surface area contributed by atoms with Crippen molar-refractivity contribution >= 4 is 27.5 Å². The molecule has 0 aliphatic carbocycles. The zero-order valence-electron chi connectivity index (χ0n) is 11.1. The van der Waals surface area contributed by atoms with E-state index in [1.54, 1.807) is 0 Å². The summed E-state index contributed by atoms with van der Waals surface area (Å²) in [6.45, 7) is 7.01. The maximum absolute atomic E-state index is 12.0. The van der Waals surface area contributed by atoms with Gasteiger partial charge in [-0.05, 0) is 30.5 Å². The van der Waals surface area contributed by atoms with E-state index in [0.29, 0.717) is 18.9 Å². The van der Waals surface area contributed by atoms with Crippen molar-refractivity contribution in [1.29, 1.82) is 0 Å². The third-order valence-electron chi connectivity index (χ3n) is 3.04. The predicted octanol–water partition coefficient (Wildman–Crippen LogP) is 3.39. The summed E-state index contributed by atoms with van der Waals surface area (Å²) in [6.07, 6.45) is 0.613.